The van der Waals surface area contributed by atoms with E-state index in [1.165, 1.54) is 11.9 Å². The van der Waals surface area contributed by atoms with E-state index in [1.54, 1.807) is 19.1 Å². The van der Waals surface area contributed by atoms with Crippen LogP contribution in [0.1, 0.15) is 18.4 Å². The highest BCUT2D eigenvalue weighted by molar-refractivity contribution is 6.32. The molecule has 88 valence electrons. The first-order chi connectivity index (χ1) is 7.54. The van der Waals surface area contributed by atoms with Crippen molar-refractivity contribution in [2.45, 2.75) is 20.4 Å². The van der Waals surface area contributed by atoms with Gasteiger partial charge in [0.05, 0.1) is 13.2 Å². The zero-order chi connectivity index (χ0) is 12.1. The Balaban J connectivity index is 2.55. The Bertz CT molecular complexity index is 383. The summed E-state index contributed by atoms with van der Waals surface area (Å²) in [6.07, 6.45) is 0. The van der Waals surface area contributed by atoms with Gasteiger partial charge in [-0.15, -0.1) is 0 Å². The van der Waals surface area contributed by atoms with Crippen LogP contribution in [0.2, 0.25) is 0 Å². The van der Waals surface area contributed by atoms with Gasteiger partial charge in [0.15, 0.2) is 0 Å². The van der Waals surface area contributed by atoms with Gasteiger partial charge in [-0.25, -0.2) is 4.79 Å². The number of furan rings is 1. The number of likely N-dealkylation sites (N-methyl/N-ethyl adjacent to an activating group) is 1. The van der Waals surface area contributed by atoms with Gasteiger partial charge in [-0.05, 0) is 26.0 Å². The fourth-order valence-electron chi connectivity index (χ4n) is 1.22. The van der Waals surface area contributed by atoms with Crippen LogP contribution in [0.15, 0.2) is 16.5 Å². The number of hydrogen-bond donors (Lipinski definition) is 0. The van der Waals surface area contributed by atoms with Crippen molar-refractivity contribution in [1.29, 1.82) is 0 Å². The maximum absolute atomic E-state index is 11.5. The first kappa shape index (κ1) is 12.3. The van der Waals surface area contributed by atoms with Gasteiger partial charge in [-0.3, -0.25) is 4.79 Å². The number of carbonyl (C=O) groups is 2. The summed E-state index contributed by atoms with van der Waals surface area (Å²) in [5.41, 5.74) is 0. The van der Waals surface area contributed by atoms with Gasteiger partial charge in [0.1, 0.15) is 11.5 Å². The molecule has 0 fully saturated rings. The summed E-state index contributed by atoms with van der Waals surface area (Å²) in [6.45, 7) is 3.92. The molecule has 16 heavy (non-hydrogen) atoms. The summed E-state index contributed by atoms with van der Waals surface area (Å²) in [5.74, 6) is -0.103. The van der Waals surface area contributed by atoms with E-state index in [2.05, 4.69) is 4.74 Å². The van der Waals surface area contributed by atoms with E-state index in [0.29, 0.717) is 5.76 Å². The zero-order valence-corrected chi connectivity index (χ0v) is 9.65. The second-order valence-electron chi connectivity index (χ2n) is 3.39. The summed E-state index contributed by atoms with van der Waals surface area (Å²) in [5, 5.41) is 0. The third kappa shape index (κ3) is 3.12. The molecule has 0 spiro atoms. The summed E-state index contributed by atoms with van der Waals surface area (Å²) in [6, 6.07) is 3.57. The van der Waals surface area contributed by atoms with Gasteiger partial charge < -0.3 is 14.1 Å². The predicted molar refractivity (Wildman–Crippen MR) is 56.6 cm³/mol. The molecular formula is C11H15NO4. The SMILES string of the molecule is CCOC(=O)C(=O)N(C)Cc1ccc(C)o1. The van der Waals surface area contributed by atoms with Crippen LogP contribution in [-0.2, 0) is 20.9 Å². The van der Waals surface area contributed by atoms with Crippen LogP contribution >= 0.6 is 0 Å². The summed E-state index contributed by atoms with van der Waals surface area (Å²) < 4.78 is 9.90. The quantitative estimate of drug-likeness (QED) is 0.571. The summed E-state index contributed by atoms with van der Waals surface area (Å²) in [7, 11) is 1.52. The maximum atomic E-state index is 11.5. The molecule has 1 aromatic heterocycles. The lowest BCUT2D eigenvalue weighted by molar-refractivity contribution is -0.159. The molecular weight excluding hydrogens is 210 g/mol. The Morgan fingerprint density at radius 3 is 2.62 bits per heavy atom. The smallest absolute Gasteiger partial charge is 0.397 e. The minimum atomic E-state index is -0.840. The normalized spacial score (nSPS) is 9.94. The van der Waals surface area contributed by atoms with Crippen LogP contribution in [0.4, 0.5) is 0 Å². The molecule has 0 unspecified atom stereocenters. The molecule has 0 aromatic carbocycles. The predicted octanol–water partition coefficient (Wildman–Crippen LogP) is 1.11. The van der Waals surface area contributed by atoms with E-state index in [0.717, 1.165) is 5.76 Å². The lowest BCUT2D eigenvalue weighted by Crippen LogP contribution is -2.34. The largest absolute Gasteiger partial charge is 0.464 e. The lowest BCUT2D eigenvalue weighted by atomic mass is 10.4. The van der Waals surface area contributed by atoms with E-state index in [1.807, 2.05) is 6.92 Å². The van der Waals surface area contributed by atoms with E-state index < -0.39 is 11.9 Å². The van der Waals surface area contributed by atoms with Crippen LogP contribution in [-0.4, -0.2) is 30.4 Å². The molecule has 1 aromatic rings. The van der Waals surface area contributed by atoms with Gasteiger partial charge in [0, 0.05) is 7.05 Å². The minimum absolute atomic E-state index is 0.193. The van der Waals surface area contributed by atoms with Crippen molar-refractivity contribution in [2.24, 2.45) is 0 Å². The first-order valence-electron chi connectivity index (χ1n) is 5.02. The summed E-state index contributed by atoms with van der Waals surface area (Å²) in [4.78, 5) is 23.8. The summed E-state index contributed by atoms with van der Waals surface area (Å²) >= 11 is 0. The van der Waals surface area contributed by atoms with Crippen molar-refractivity contribution in [3.63, 3.8) is 0 Å². The van der Waals surface area contributed by atoms with E-state index >= 15 is 0 Å². The number of ether oxygens (including phenoxy) is 1. The standard InChI is InChI=1S/C11H15NO4/c1-4-15-11(14)10(13)12(3)7-9-6-5-8(2)16-9/h5-6H,4,7H2,1-3H3. The van der Waals surface area contributed by atoms with Crippen LogP contribution in [0.25, 0.3) is 0 Å². The van der Waals surface area contributed by atoms with Gasteiger partial charge in [0.25, 0.3) is 0 Å². The highest BCUT2D eigenvalue weighted by atomic mass is 16.5. The number of carbonyl (C=O) groups excluding carboxylic acids is 2. The van der Waals surface area contributed by atoms with Crippen LogP contribution < -0.4 is 0 Å². The fraction of sp³-hybridized carbons (Fsp3) is 0.455. The average molecular weight is 225 g/mol. The number of nitrogens with zero attached hydrogens (tertiary/aromatic N) is 1. The number of rotatable bonds is 3. The Morgan fingerprint density at radius 2 is 2.12 bits per heavy atom. The van der Waals surface area contributed by atoms with Crippen molar-refractivity contribution < 1.29 is 18.7 Å². The molecule has 5 heteroatoms. The van der Waals surface area contributed by atoms with Gasteiger partial charge >= 0.3 is 11.9 Å². The monoisotopic (exact) mass is 225 g/mol. The molecule has 0 saturated heterocycles. The van der Waals surface area contributed by atoms with E-state index in [4.69, 9.17) is 4.42 Å². The number of aryl methyl sites for hydroxylation is 1. The third-order valence-electron chi connectivity index (χ3n) is 1.99. The van der Waals surface area contributed by atoms with E-state index in [-0.39, 0.29) is 13.2 Å². The highest BCUT2D eigenvalue weighted by Gasteiger charge is 2.20. The molecule has 0 atom stereocenters. The second kappa shape index (κ2) is 5.34. The zero-order valence-electron chi connectivity index (χ0n) is 9.65. The number of hydrogen-bond acceptors (Lipinski definition) is 4. The highest BCUT2D eigenvalue weighted by Crippen LogP contribution is 2.08. The van der Waals surface area contributed by atoms with Crippen molar-refractivity contribution in [3.05, 3.63) is 23.7 Å². The Morgan fingerprint density at radius 1 is 1.44 bits per heavy atom. The van der Waals surface area contributed by atoms with Crippen molar-refractivity contribution in [3.8, 4) is 0 Å². The second-order valence-corrected chi connectivity index (χ2v) is 3.39. The van der Waals surface area contributed by atoms with Gasteiger partial charge in [0.2, 0.25) is 0 Å². The molecule has 5 nitrogen and oxygen atoms in total. The molecule has 0 aliphatic carbocycles. The Kier molecular flexibility index (Phi) is 4.10. The van der Waals surface area contributed by atoms with Gasteiger partial charge in [-0.1, -0.05) is 0 Å². The van der Waals surface area contributed by atoms with Crippen molar-refractivity contribution in [1.82, 2.24) is 4.90 Å². The van der Waals surface area contributed by atoms with Crippen LogP contribution in [0.5, 0.6) is 0 Å². The average Bonchev–Trinajstić information content (AvgIpc) is 2.63. The van der Waals surface area contributed by atoms with E-state index in [9.17, 15) is 9.59 Å². The molecule has 1 rings (SSSR count). The topological polar surface area (TPSA) is 59.8 Å². The molecule has 0 N–H and O–H groups in total. The Hall–Kier alpha value is -1.78. The van der Waals surface area contributed by atoms with Crippen LogP contribution in [0, 0.1) is 6.92 Å². The molecule has 0 radical (unpaired) electrons. The maximum Gasteiger partial charge on any atom is 0.397 e. The van der Waals surface area contributed by atoms with Crippen molar-refractivity contribution in [2.75, 3.05) is 13.7 Å². The Labute approximate surface area is 94.0 Å². The molecule has 0 bridgehead atoms. The van der Waals surface area contributed by atoms with Crippen molar-refractivity contribution >= 4 is 11.9 Å². The molecule has 0 aliphatic rings. The molecule has 0 saturated carbocycles. The van der Waals surface area contributed by atoms with Gasteiger partial charge in [-0.2, -0.15) is 0 Å². The first-order valence-corrected chi connectivity index (χ1v) is 5.02. The third-order valence-corrected chi connectivity index (χ3v) is 1.99. The van der Waals surface area contributed by atoms with Crippen LogP contribution in [0.3, 0.4) is 0 Å². The number of esters is 1. The molecule has 1 heterocycles. The molecule has 0 aliphatic heterocycles. The number of amides is 1. The molecule has 1 amide bonds. The fourth-order valence-corrected chi connectivity index (χ4v) is 1.22. The lowest BCUT2D eigenvalue weighted by Gasteiger charge is -2.13. The minimum Gasteiger partial charge on any atom is -0.464 e.